The van der Waals surface area contributed by atoms with Gasteiger partial charge in [-0.2, -0.15) is 0 Å². The van der Waals surface area contributed by atoms with Crippen LogP contribution in [-0.2, 0) is 17.8 Å². The number of piperidine rings is 1. The quantitative estimate of drug-likeness (QED) is 0.715. The molecule has 0 aliphatic carbocycles. The van der Waals surface area contributed by atoms with E-state index in [2.05, 4.69) is 20.2 Å². The van der Waals surface area contributed by atoms with Crippen LogP contribution in [0.4, 0.5) is 0 Å². The molecule has 0 aromatic carbocycles. The maximum atomic E-state index is 12.1. The van der Waals surface area contributed by atoms with E-state index in [0.717, 1.165) is 31.5 Å². The average molecular weight is 385 g/mol. The second-order valence-electron chi connectivity index (χ2n) is 7.40. The molecule has 0 radical (unpaired) electrons. The van der Waals surface area contributed by atoms with Crippen LogP contribution in [0.2, 0.25) is 0 Å². The van der Waals surface area contributed by atoms with Crippen molar-refractivity contribution >= 4 is 5.91 Å². The first kappa shape index (κ1) is 20.0. The molecular formula is C20H27N5O3. The van der Waals surface area contributed by atoms with Crippen LogP contribution in [0.25, 0.3) is 0 Å². The van der Waals surface area contributed by atoms with Gasteiger partial charge in [-0.25, -0.2) is 4.79 Å². The molecule has 8 nitrogen and oxygen atoms in total. The number of aryl methyl sites for hydroxylation is 1. The van der Waals surface area contributed by atoms with Crippen molar-refractivity contribution in [3.05, 3.63) is 62.7 Å². The fourth-order valence-electron chi connectivity index (χ4n) is 3.62. The number of likely N-dealkylation sites (tertiary alicyclic amines) is 1. The Morgan fingerprint density at radius 2 is 2.21 bits per heavy atom. The Bertz CT molecular complexity index is 875. The number of aromatic amines is 1. The van der Waals surface area contributed by atoms with Crippen molar-refractivity contribution in [2.24, 2.45) is 5.92 Å². The molecule has 28 heavy (non-hydrogen) atoms. The predicted octanol–water partition coefficient (Wildman–Crippen LogP) is 0.311. The highest BCUT2D eigenvalue weighted by Gasteiger charge is 2.20. The van der Waals surface area contributed by atoms with Gasteiger partial charge in [-0.05, 0) is 43.9 Å². The molecule has 2 aromatic heterocycles. The smallest absolute Gasteiger partial charge is 0.328 e. The lowest BCUT2D eigenvalue weighted by Crippen LogP contribution is -2.44. The van der Waals surface area contributed by atoms with Crippen LogP contribution in [0.3, 0.4) is 0 Å². The summed E-state index contributed by atoms with van der Waals surface area (Å²) in [6, 6.07) is 5.16. The molecule has 3 rings (SSSR count). The highest BCUT2D eigenvalue weighted by Crippen LogP contribution is 2.15. The molecule has 0 spiro atoms. The molecule has 2 aromatic rings. The van der Waals surface area contributed by atoms with E-state index in [9.17, 15) is 14.4 Å². The molecule has 0 saturated carbocycles. The number of carbonyl (C=O) groups excluding carboxylic acids is 1. The normalized spacial score (nSPS) is 17.4. The highest BCUT2D eigenvalue weighted by molar-refractivity contribution is 5.78. The molecule has 0 bridgehead atoms. The molecule has 1 aliphatic heterocycles. The van der Waals surface area contributed by atoms with Gasteiger partial charge in [-0.1, -0.05) is 6.07 Å². The lowest BCUT2D eigenvalue weighted by molar-refractivity contribution is -0.120. The van der Waals surface area contributed by atoms with Crippen molar-refractivity contribution in [3.63, 3.8) is 0 Å². The molecule has 1 unspecified atom stereocenters. The lowest BCUT2D eigenvalue weighted by Gasteiger charge is -2.32. The van der Waals surface area contributed by atoms with Gasteiger partial charge in [0, 0.05) is 50.3 Å². The lowest BCUT2D eigenvalue weighted by atomic mass is 9.98. The Labute approximate surface area is 163 Å². The Morgan fingerprint density at radius 3 is 2.96 bits per heavy atom. The first-order valence-electron chi connectivity index (χ1n) is 9.70. The third-order valence-electron chi connectivity index (χ3n) is 5.07. The Balaban J connectivity index is 1.46. The fourth-order valence-corrected chi connectivity index (χ4v) is 3.62. The van der Waals surface area contributed by atoms with Crippen LogP contribution < -0.4 is 16.6 Å². The van der Waals surface area contributed by atoms with Crippen LogP contribution in [-0.4, -0.2) is 51.5 Å². The number of amides is 1. The van der Waals surface area contributed by atoms with E-state index in [1.165, 1.54) is 10.6 Å². The number of rotatable bonds is 7. The van der Waals surface area contributed by atoms with Gasteiger partial charge in [0.2, 0.25) is 5.91 Å². The molecule has 3 heterocycles. The van der Waals surface area contributed by atoms with Gasteiger partial charge in [0.25, 0.3) is 5.56 Å². The third-order valence-corrected chi connectivity index (χ3v) is 5.07. The number of hydrogen-bond acceptors (Lipinski definition) is 5. The number of nitrogens with one attached hydrogen (secondary N) is 2. The summed E-state index contributed by atoms with van der Waals surface area (Å²) in [5.74, 6) is 0.377. The number of carbonyl (C=O) groups is 1. The van der Waals surface area contributed by atoms with E-state index in [1.807, 2.05) is 12.1 Å². The second-order valence-corrected chi connectivity index (χ2v) is 7.40. The van der Waals surface area contributed by atoms with E-state index in [0.29, 0.717) is 37.7 Å². The zero-order valence-corrected chi connectivity index (χ0v) is 16.2. The summed E-state index contributed by atoms with van der Waals surface area (Å²) in [6.07, 6.45) is 5.84. The minimum Gasteiger partial charge on any atom is -0.355 e. The first-order valence-corrected chi connectivity index (χ1v) is 9.70. The molecule has 150 valence electrons. The van der Waals surface area contributed by atoms with Crippen molar-refractivity contribution < 1.29 is 4.79 Å². The van der Waals surface area contributed by atoms with Crippen LogP contribution in [0, 0.1) is 12.8 Å². The van der Waals surface area contributed by atoms with Crippen molar-refractivity contribution in [1.29, 1.82) is 0 Å². The van der Waals surface area contributed by atoms with Crippen LogP contribution in [0.5, 0.6) is 0 Å². The largest absolute Gasteiger partial charge is 0.355 e. The summed E-state index contributed by atoms with van der Waals surface area (Å²) in [5.41, 5.74) is 0.851. The van der Waals surface area contributed by atoms with Gasteiger partial charge >= 0.3 is 5.69 Å². The minimum absolute atomic E-state index is 0.00265. The summed E-state index contributed by atoms with van der Waals surface area (Å²) in [5, 5.41) is 3.02. The summed E-state index contributed by atoms with van der Waals surface area (Å²) in [7, 11) is 0. The first-order chi connectivity index (χ1) is 13.5. The van der Waals surface area contributed by atoms with Crippen molar-refractivity contribution in [3.8, 4) is 0 Å². The minimum atomic E-state index is -0.360. The second kappa shape index (κ2) is 9.45. The van der Waals surface area contributed by atoms with Crippen molar-refractivity contribution in [2.45, 2.75) is 32.7 Å². The Hall–Kier alpha value is -2.74. The zero-order chi connectivity index (χ0) is 19.9. The van der Waals surface area contributed by atoms with Gasteiger partial charge < -0.3 is 15.2 Å². The highest BCUT2D eigenvalue weighted by atomic mass is 16.2. The molecule has 1 saturated heterocycles. The number of hydrogen-bond donors (Lipinski definition) is 2. The number of aromatic nitrogens is 3. The van der Waals surface area contributed by atoms with E-state index in [1.54, 1.807) is 19.3 Å². The topological polar surface area (TPSA) is 100 Å². The Kier molecular flexibility index (Phi) is 6.76. The van der Waals surface area contributed by atoms with Gasteiger partial charge in [0.1, 0.15) is 0 Å². The van der Waals surface area contributed by atoms with Crippen LogP contribution in [0.1, 0.15) is 24.1 Å². The summed E-state index contributed by atoms with van der Waals surface area (Å²) < 4.78 is 1.24. The maximum absolute atomic E-state index is 12.1. The molecule has 1 amide bonds. The standard InChI is InChI=1S/C20H27N5O3/c1-15-10-19(27)25(20(28)23-15)9-8-24-7-3-5-17(14-24)13-22-18(26)11-16-4-2-6-21-12-16/h2,4,6,10,12,17H,3,5,7-9,11,13-14H2,1H3,(H,22,26)(H,23,28). The van der Waals surface area contributed by atoms with Gasteiger partial charge in [-0.3, -0.25) is 19.1 Å². The van der Waals surface area contributed by atoms with Crippen LogP contribution >= 0.6 is 0 Å². The molecule has 1 atom stereocenters. The third kappa shape index (κ3) is 5.63. The van der Waals surface area contributed by atoms with Gasteiger partial charge in [0.05, 0.1) is 6.42 Å². The average Bonchev–Trinajstić information content (AvgIpc) is 2.67. The molecule has 1 fully saturated rings. The molecule has 1 aliphatic rings. The molecular weight excluding hydrogens is 358 g/mol. The van der Waals surface area contributed by atoms with Gasteiger partial charge in [-0.15, -0.1) is 0 Å². The SMILES string of the molecule is Cc1cc(=O)n(CCN2CCCC(CNC(=O)Cc3cccnc3)C2)c(=O)[nH]1. The van der Waals surface area contributed by atoms with Crippen molar-refractivity contribution in [1.82, 2.24) is 24.8 Å². The maximum Gasteiger partial charge on any atom is 0.328 e. The van der Waals surface area contributed by atoms with Crippen molar-refractivity contribution in [2.75, 3.05) is 26.2 Å². The van der Waals surface area contributed by atoms with E-state index in [-0.39, 0.29) is 17.2 Å². The predicted molar refractivity (Wildman–Crippen MR) is 106 cm³/mol. The van der Waals surface area contributed by atoms with E-state index < -0.39 is 0 Å². The number of pyridine rings is 1. The summed E-state index contributed by atoms with van der Waals surface area (Å²) in [6.45, 7) is 5.15. The Morgan fingerprint density at radius 1 is 1.36 bits per heavy atom. The van der Waals surface area contributed by atoms with E-state index in [4.69, 9.17) is 0 Å². The zero-order valence-electron chi connectivity index (χ0n) is 16.2. The van der Waals surface area contributed by atoms with Gasteiger partial charge in [0.15, 0.2) is 0 Å². The molecule has 8 heteroatoms. The number of nitrogens with zero attached hydrogens (tertiary/aromatic N) is 3. The molecule has 2 N–H and O–H groups in total. The summed E-state index contributed by atoms with van der Waals surface area (Å²) >= 11 is 0. The van der Waals surface area contributed by atoms with E-state index >= 15 is 0 Å². The van der Waals surface area contributed by atoms with Crippen LogP contribution in [0.15, 0.2) is 40.2 Å². The number of H-pyrrole nitrogens is 1. The monoisotopic (exact) mass is 385 g/mol. The summed E-state index contributed by atoms with van der Waals surface area (Å²) in [4.78, 5) is 45.0. The fraction of sp³-hybridized carbons (Fsp3) is 0.500.